The van der Waals surface area contributed by atoms with Crippen molar-refractivity contribution in [1.29, 1.82) is 0 Å². The van der Waals surface area contributed by atoms with Gasteiger partial charge in [-0.05, 0) is 23.8 Å². The van der Waals surface area contributed by atoms with Gasteiger partial charge in [-0.2, -0.15) is 18.3 Å². The van der Waals surface area contributed by atoms with Crippen molar-refractivity contribution < 1.29 is 18.0 Å². The van der Waals surface area contributed by atoms with Crippen molar-refractivity contribution in [1.82, 2.24) is 4.90 Å². The first-order valence-electron chi connectivity index (χ1n) is 7.75. The predicted molar refractivity (Wildman–Crippen MR) is 88.9 cm³/mol. The number of amidine groups is 1. The summed E-state index contributed by atoms with van der Waals surface area (Å²) in [5, 5.41) is 5.82. The van der Waals surface area contributed by atoms with Crippen LogP contribution in [0.5, 0.6) is 0 Å². The van der Waals surface area contributed by atoms with Crippen molar-refractivity contribution in [3.05, 3.63) is 65.7 Å². The molecule has 0 bridgehead atoms. The van der Waals surface area contributed by atoms with Crippen LogP contribution in [0.25, 0.3) is 0 Å². The van der Waals surface area contributed by atoms with Crippen LogP contribution in [0.4, 0.5) is 18.9 Å². The Morgan fingerprint density at radius 1 is 1.12 bits per heavy atom. The van der Waals surface area contributed by atoms with E-state index in [9.17, 15) is 18.0 Å². The second-order valence-electron chi connectivity index (χ2n) is 5.66. The van der Waals surface area contributed by atoms with E-state index in [1.54, 1.807) is 6.07 Å². The zero-order valence-electron chi connectivity index (χ0n) is 13.3. The fraction of sp³-hybridized carbons (Fsp3) is 0.222. The minimum Gasteiger partial charge on any atom is -0.297 e. The number of hydrogen-bond donors (Lipinski definition) is 0. The maximum atomic E-state index is 12.8. The highest BCUT2D eigenvalue weighted by molar-refractivity contribution is 5.93. The first-order valence-corrected chi connectivity index (χ1v) is 7.75. The monoisotopic (exact) mass is 347 g/mol. The topological polar surface area (TPSA) is 35.9 Å². The largest absolute Gasteiger partial charge is 0.416 e. The summed E-state index contributed by atoms with van der Waals surface area (Å²) in [5.41, 5.74) is 0.593. The predicted octanol–water partition coefficient (Wildman–Crippen LogP) is 3.89. The highest BCUT2D eigenvalue weighted by Gasteiger charge is 2.31. The van der Waals surface area contributed by atoms with Gasteiger partial charge in [0.05, 0.1) is 17.8 Å². The van der Waals surface area contributed by atoms with E-state index in [1.165, 1.54) is 16.0 Å². The van der Waals surface area contributed by atoms with Gasteiger partial charge < -0.3 is 0 Å². The average molecular weight is 347 g/mol. The molecule has 1 heterocycles. The molecule has 1 amide bonds. The second kappa shape index (κ2) is 6.96. The third-order valence-corrected chi connectivity index (χ3v) is 3.91. The number of benzene rings is 2. The quantitative estimate of drug-likeness (QED) is 0.787. The Hall–Kier alpha value is -2.83. The van der Waals surface area contributed by atoms with Crippen molar-refractivity contribution in [2.24, 2.45) is 5.10 Å². The van der Waals surface area contributed by atoms with E-state index < -0.39 is 11.7 Å². The number of carbonyl (C=O) groups is 1. The molecule has 0 unspecified atom stereocenters. The summed E-state index contributed by atoms with van der Waals surface area (Å²) >= 11 is 0. The minimum atomic E-state index is -4.40. The van der Waals surface area contributed by atoms with E-state index in [0.717, 1.165) is 17.7 Å². The number of hydrogen-bond acceptors (Lipinski definition) is 3. The molecule has 4 nitrogen and oxygen atoms in total. The number of rotatable bonds is 4. The van der Waals surface area contributed by atoms with Crippen LogP contribution >= 0.6 is 0 Å². The Balaban J connectivity index is 1.78. The minimum absolute atomic E-state index is 0.357. The number of carbonyl (C=O) groups excluding carboxylic acids is 1. The second-order valence-corrected chi connectivity index (χ2v) is 5.66. The first kappa shape index (κ1) is 17.0. The van der Waals surface area contributed by atoms with Gasteiger partial charge in [0.25, 0.3) is 0 Å². The summed E-state index contributed by atoms with van der Waals surface area (Å²) in [4.78, 5) is 12.9. The standard InChI is InChI=1S/C18H16F3N3O/c19-18(20,21)15-7-4-8-16(11-15)24-10-9-17(22-24)23(13-25)12-14-5-2-1-3-6-14/h1-8,11,13H,9-10,12H2. The molecule has 0 spiro atoms. The molecular weight excluding hydrogens is 331 g/mol. The average Bonchev–Trinajstić information content (AvgIpc) is 3.10. The lowest BCUT2D eigenvalue weighted by Gasteiger charge is -2.17. The normalized spacial score (nSPS) is 14.4. The van der Waals surface area contributed by atoms with Crippen LogP contribution in [0.3, 0.4) is 0 Å². The van der Waals surface area contributed by atoms with Crippen LogP contribution in [-0.4, -0.2) is 23.7 Å². The highest BCUT2D eigenvalue weighted by Crippen LogP contribution is 2.32. The number of anilines is 1. The van der Waals surface area contributed by atoms with E-state index >= 15 is 0 Å². The maximum absolute atomic E-state index is 12.8. The van der Waals surface area contributed by atoms with E-state index in [-0.39, 0.29) is 0 Å². The fourth-order valence-electron chi connectivity index (χ4n) is 2.65. The van der Waals surface area contributed by atoms with E-state index in [1.807, 2.05) is 30.3 Å². The zero-order chi connectivity index (χ0) is 17.9. The molecule has 0 aromatic heterocycles. The van der Waals surface area contributed by atoms with Crippen LogP contribution < -0.4 is 5.01 Å². The lowest BCUT2D eigenvalue weighted by atomic mass is 10.2. The van der Waals surface area contributed by atoms with Crippen molar-refractivity contribution in [2.45, 2.75) is 19.1 Å². The van der Waals surface area contributed by atoms with Gasteiger partial charge in [0.15, 0.2) is 0 Å². The van der Waals surface area contributed by atoms with E-state index in [0.29, 0.717) is 37.4 Å². The summed E-state index contributed by atoms with van der Waals surface area (Å²) in [6.07, 6.45) is -3.21. The fourth-order valence-corrected chi connectivity index (χ4v) is 2.65. The van der Waals surface area contributed by atoms with Gasteiger partial charge in [-0.15, -0.1) is 0 Å². The number of halogens is 3. The smallest absolute Gasteiger partial charge is 0.297 e. The number of hydrazone groups is 1. The zero-order valence-corrected chi connectivity index (χ0v) is 13.3. The molecule has 0 radical (unpaired) electrons. The van der Waals surface area contributed by atoms with Crippen LogP contribution in [0.1, 0.15) is 17.5 Å². The van der Waals surface area contributed by atoms with Gasteiger partial charge in [0.2, 0.25) is 6.41 Å². The van der Waals surface area contributed by atoms with E-state index in [2.05, 4.69) is 5.10 Å². The van der Waals surface area contributed by atoms with Gasteiger partial charge >= 0.3 is 6.18 Å². The Bertz CT molecular complexity index is 775. The van der Waals surface area contributed by atoms with Crippen molar-refractivity contribution in [2.75, 3.05) is 11.6 Å². The van der Waals surface area contributed by atoms with Crippen molar-refractivity contribution in [3.8, 4) is 0 Å². The summed E-state index contributed by atoms with van der Waals surface area (Å²) in [7, 11) is 0. The Labute approximate surface area is 143 Å². The molecule has 0 atom stereocenters. The van der Waals surface area contributed by atoms with Gasteiger partial charge in [-0.1, -0.05) is 36.4 Å². The van der Waals surface area contributed by atoms with Gasteiger partial charge in [0.1, 0.15) is 5.84 Å². The molecule has 2 aromatic rings. The molecule has 130 valence electrons. The van der Waals surface area contributed by atoms with Crippen LogP contribution in [0, 0.1) is 0 Å². The first-order chi connectivity index (χ1) is 12.0. The van der Waals surface area contributed by atoms with Crippen molar-refractivity contribution >= 4 is 17.9 Å². The molecular formula is C18H16F3N3O. The lowest BCUT2D eigenvalue weighted by Crippen LogP contribution is -2.27. The highest BCUT2D eigenvalue weighted by atomic mass is 19.4. The van der Waals surface area contributed by atoms with Gasteiger partial charge in [-0.3, -0.25) is 14.7 Å². The summed E-state index contributed by atoms with van der Waals surface area (Å²) in [5.74, 6) is 0.538. The molecule has 3 rings (SSSR count). The number of alkyl halides is 3. The summed E-state index contributed by atoms with van der Waals surface area (Å²) in [6.45, 7) is 0.801. The molecule has 1 aliphatic rings. The van der Waals surface area contributed by atoms with Crippen molar-refractivity contribution in [3.63, 3.8) is 0 Å². The Kier molecular flexibility index (Phi) is 4.74. The molecule has 0 fully saturated rings. The van der Waals surface area contributed by atoms with E-state index in [4.69, 9.17) is 0 Å². The third kappa shape index (κ3) is 3.99. The van der Waals surface area contributed by atoms with Crippen LogP contribution in [-0.2, 0) is 17.5 Å². The molecule has 0 aliphatic carbocycles. The lowest BCUT2D eigenvalue weighted by molar-refractivity contribution is -0.137. The summed E-state index contributed by atoms with van der Waals surface area (Å²) in [6, 6.07) is 14.5. The SMILES string of the molecule is O=CN(Cc1ccccc1)C1=NN(c2cccc(C(F)(F)F)c2)CC1. The molecule has 1 aliphatic heterocycles. The number of amides is 1. The maximum Gasteiger partial charge on any atom is 0.416 e. The van der Waals surface area contributed by atoms with Gasteiger partial charge in [-0.25, -0.2) is 0 Å². The van der Waals surface area contributed by atoms with Crippen LogP contribution in [0.2, 0.25) is 0 Å². The molecule has 0 N–H and O–H groups in total. The Morgan fingerprint density at radius 2 is 1.88 bits per heavy atom. The molecule has 7 heteroatoms. The molecule has 2 aromatic carbocycles. The Morgan fingerprint density at radius 3 is 2.56 bits per heavy atom. The third-order valence-electron chi connectivity index (χ3n) is 3.91. The van der Waals surface area contributed by atoms with Crippen LogP contribution in [0.15, 0.2) is 59.7 Å². The van der Waals surface area contributed by atoms with Gasteiger partial charge in [0, 0.05) is 13.0 Å². The molecule has 0 saturated carbocycles. The number of nitrogens with zero attached hydrogens (tertiary/aromatic N) is 3. The summed E-state index contributed by atoms with van der Waals surface area (Å²) < 4.78 is 38.5. The molecule has 25 heavy (non-hydrogen) atoms. The molecule has 0 saturated heterocycles.